The van der Waals surface area contributed by atoms with Crippen LogP contribution in [0, 0.1) is 0 Å². The summed E-state index contributed by atoms with van der Waals surface area (Å²) in [5.41, 5.74) is 1.23. The van der Waals surface area contributed by atoms with Gasteiger partial charge in [-0.3, -0.25) is 4.90 Å². The molecule has 0 spiro atoms. The lowest BCUT2D eigenvalue weighted by Gasteiger charge is -2.34. The first-order chi connectivity index (χ1) is 10.1. The van der Waals surface area contributed by atoms with Gasteiger partial charge in [0.2, 0.25) is 10.0 Å². The predicted molar refractivity (Wildman–Crippen MR) is 83.8 cm³/mol. The standard InChI is InChI=1S/C15H24N2O3S/c1-2-21(18,19)16-13-15(17-8-10-20-11-9-17)12-14-6-4-3-5-7-14/h3-7,15-16H,2,8-13H2,1H3. The Balaban J connectivity index is 2.02. The third-order valence-electron chi connectivity index (χ3n) is 3.80. The van der Waals surface area contributed by atoms with Crippen molar-refractivity contribution in [1.82, 2.24) is 9.62 Å². The molecule has 0 saturated carbocycles. The molecule has 0 bridgehead atoms. The fraction of sp³-hybridized carbons (Fsp3) is 0.600. The number of nitrogens with zero attached hydrogens (tertiary/aromatic N) is 1. The largest absolute Gasteiger partial charge is 0.379 e. The molecule has 21 heavy (non-hydrogen) atoms. The highest BCUT2D eigenvalue weighted by atomic mass is 32.2. The van der Waals surface area contributed by atoms with Crippen LogP contribution in [0.4, 0.5) is 0 Å². The van der Waals surface area contributed by atoms with Gasteiger partial charge in [0.15, 0.2) is 0 Å². The van der Waals surface area contributed by atoms with Gasteiger partial charge in [-0.05, 0) is 18.9 Å². The number of rotatable bonds is 7. The summed E-state index contributed by atoms with van der Waals surface area (Å²) >= 11 is 0. The summed E-state index contributed by atoms with van der Waals surface area (Å²) in [5, 5.41) is 0. The van der Waals surface area contributed by atoms with Crippen LogP contribution in [-0.2, 0) is 21.2 Å². The third kappa shape index (κ3) is 5.39. The molecule has 1 aliphatic heterocycles. The molecule has 0 aromatic heterocycles. The molecule has 1 heterocycles. The minimum Gasteiger partial charge on any atom is -0.379 e. The van der Waals surface area contributed by atoms with Crippen LogP contribution >= 0.6 is 0 Å². The number of sulfonamides is 1. The fourth-order valence-corrected chi connectivity index (χ4v) is 3.13. The maximum Gasteiger partial charge on any atom is 0.211 e. The lowest BCUT2D eigenvalue weighted by Crippen LogP contribution is -2.49. The molecule has 118 valence electrons. The molecule has 1 aromatic rings. The first-order valence-corrected chi connectivity index (χ1v) is 9.09. The zero-order valence-corrected chi connectivity index (χ0v) is 13.3. The molecule has 0 amide bonds. The van der Waals surface area contributed by atoms with E-state index in [-0.39, 0.29) is 11.8 Å². The van der Waals surface area contributed by atoms with Crippen LogP contribution in [0.3, 0.4) is 0 Å². The second-order valence-electron chi connectivity index (χ2n) is 5.24. The van der Waals surface area contributed by atoms with E-state index in [1.807, 2.05) is 18.2 Å². The van der Waals surface area contributed by atoms with Gasteiger partial charge < -0.3 is 4.74 Å². The number of morpholine rings is 1. The van der Waals surface area contributed by atoms with Crippen molar-refractivity contribution < 1.29 is 13.2 Å². The van der Waals surface area contributed by atoms with E-state index in [4.69, 9.17) is 4.74 Å². The highest BCUT2D eigenvalue weighted by Gasteiger charge is 2.22. The van der Waals surface area contributed by atoms with Crippen molar-refractivity contribution in [2.75, 3.05) is 38.6 Å². The maximum absolute atomic E-state index is 11.7. The number of hydrogen-bond donors (Lipinski definition) is 1. The summed E-state index contributed by atoms with van der Waals surface area (Å²) < 4.78 is 31.5. The van der Waals surface area contributed by atoms with Crippen molar-refractivity contribution in [3.63, 3.8) is 0 Å². The monoisotopic (exact) mass is 312 g/mol. The van der Waals surface area contributed by atoms with Gasteiger partial charge in [0, 0.05) is 25.7 Å². The molecule has 1 unspecified atom stereocenters. The Hall–Kier alpha value is -0.950. The lowest BCUT2D eigenvalue weighted by atomic mass is 10.0. The van der Waals surface area contributed by atoms with Gasteiger partial charge in [0.1, 0.15) is 0 Å². The molecule has 0 radical (unpaired) electrons. The zero-order valence-electron chi connectivity index (χ0n) is 12.5. The molecule has 1 aromatic carbocycles. The highest BCUT2D eigenvalue weighted by molar-refractivity contribution is 7.89. The van der Waals surface area contributed by atoms with Gasteiger partial charge in [-0.1, -0.05) is 30.3 Å². The summed E-state index contributed by atoms with van der Waals surface area (Å²) in [6.45, 7) is 5.24. The summed E-state index contributed by atoms with van der Waals surface area (Å²) in [4.78, 5) is 2.31. The number of nitrogens with one attached hydrogen (secondary N) is 1. The molecule has 0 aliphatic carbocycles. The van der Waals surface area contributed by atoms with Crippen LogP contribution in [0.5, 0.6) is 0 Å². The Morgan fingerprint density at radius 1 is 1.24 bits per heavy atom. The van der Waals surface area contributed by atoms with Crippen LogP contribution in [-0.4, -0.2) is 58.0 Å². The summed E-state index contributed by atoms with van der Waals surface area (Å²) in [5.74, 6) is 0.119. The van der Waals surface area contributed by atoms with E-state index in [9.17, 15) is 8.42 Å². The zero-order chi connectivity index (χ0) is 15.1. The van der Waals surface area contributed by atoms with Crippen molar-refractivity contribution in [2.24, 2.45) is 0 Å². The van der Waals surface area contributed by atoms with E-state index in [0.29, 0.717) is 19.8 Å². The highest BCUT2D eigenvalue weighted by Crippen LogP contribution is 2.11. The molecule has 2 rings (SSSR count). The molecular formula is C15H24N2O3S. The van der Waals surface area contributed by atoms with Gasteiger partial charge in [-0.25, -0.2) is 13.1 Å². The fourth-order valence-electron chi connectivity index (χ4n) is 2.48. The Kier molecular flexibility index (Phi) is 6.17. The molecule has 1 aliphatic rings. The Labute approximate surface area is 127 Å². The first-order valence-electron chi connectivity index (χ1n) is 7.44. The quantitative estimate of drug-likeness (QED) is 0.812. The number of hydrogen-bond acceptors (Lipinski definition) is 4. The third-order valence-corrected chi connectivity index (χ3v) is 5.16. The van der Waals surface area contributed by atoms with Crippen molar-refractivity contribution in [1.29, 1.82) is 0 Å². The summed E-state index contributed by atoms with van der Waals surface area (Å²) in [6.07, 6.45) is 0.840. The number of ether oxygens (including phenoxy) is 1. The summed E-state index contributed by atoms with van der Waals surface area (Å²) in [6, 6.07) is 10.4. The predicted octanol–water partition coefficient (Wildman–Crippen LogP) is 0.869. The van der Waals surface area contributed by atoms with Crippen LogP contribution in [0.1, 0.15) is 12.5 Å². The van der Waals surface area contributed by atoms with Crippen LogP contribution < -0.4 is 4.72 Å². The van der Waals surface area contributed by atoms with E-state index in [1.54, 1.807) is 6.92 Å². The first kappa shape index (κ1) is 16.4. The topological polar surface area (TPSA) is 58.6 Å². The van der Waals surface area contributed by atoms with E-state index < -0.39 is 10.0 Å². The molecular weight excluding hydrogens is 288 g/mol. The second-order valence-corrected chi connectivity index (χ2v) is 7.34. The molecule has 1 saturated heterocycles. The molecule has 6 heteroatoms. The van der Waals surface area contributed by atoms with Crippen LogP contribution in [0.2, 0.25) is 0 Å². The van der Waals surface area contributed by atoms with Gasteiger partial charge in [0.05, 0.1) is 19.0 Å². The van der Waals surface area contributed by atoms with Gasteiger partial charge >= 0.3 is 0 Å². The SMILES string of the molecule is CCS(=O)(=O)NCC(Cc1ccccc1)N1CCOCC1. The van der Waals surface area contributed by atoms with Crippen molar-refractivity contribution in [3.8, 4) is 0 Å². The lowest BCUT2D eigenvalue weighted by molar-refractivity contribution is 0.0177. The molecule has 1 atom stereocenters. The number of benzene rings is 1. The van der Waals surface area contributed by atoms with E-state index in [1.165, 1.54) is 5.56 Å². The normalized spacial score (nSPS) is 18.5. The van der Waals surface area contributed by atoms with Crippen molar-refractivity contribution in [3.05, 3.63) is 35.9 Å². The minimum absolute atomic E-state index is 0.119. The Morgan fingerprint density at radius 3 is 2.52 bits per heavy atom. The van der Waals surface area contributed by atoms with E-state index in [2.05, 4.69) is 21.8 Å². The Morgan fingerprint density at radius 2 is 1.90 bits per heavy atom. The van der Waals surface area contributed by atoms with Gasteiger partial charge in [0.25, 0.3) is 0 Å². The van der Waals surface area contributed by atoms with Gasteiger partial charge in [-0.15, -0.1) is 0 Å². The second kappa shape index (κ2) is 7.89. The van der Waals surface area contributed by atoms with Crippen molar-refractivity contribution >= 4 is 10.0 Å². The average molecular weight is 312 g/mol. The summed E-state index contributed by atoms with van der Waals surface area (Å²) in [7, 11) is -3.15. The van der Waals surface area contributed by atoms with Crippen LogP contribution in [0.25, 0.3) is 0 Å². The van der Waals surface area contributed by atoms with Crippen molar-refractivity contribution in [2.45, 2.75) is 19.4 Å². The maximum atomic E-state index is 11.7. The Bertz CT molecular complexity index is 513. The molecule has 5 nitrogen and oxygen atoms in total. The smallest absolute Gasteiger partial charge is 0.211 e. The van der Waals surface area contributed by atoms with E-state index in [0.717, 1.165) is 19.5 Å². The van der Waals surface area contributed by atoms with Crippen LogP contribution in [0.15, 0.2) is 30.3 Å². The minimum atomic E-state index is -3.15. The van der Waals surface area contributed by atoms with Gasteiger partial charge in [-0.2, -0.15) is 0 Å². The molecule has 1 fully saturated rings. The van der Waals surface area contributed by atoms with E-state index >= 15 is 0 Å². The molecule has 1 N–H and O–H groups in total. The average Bonchev–Trinajstić information content (AvgIpc) is 2.53.